The largest absolute Gasteiger partial charge is 0.493 e. The second kappa shape index (κ2) is 9.63. The van der Waals surface area contributed by atoms with E-state index in [-0.39, 0.29) is 18.3 Å². The minimum Gasteiger partial charge on any atom is -0.493 e. The lowest BCUT2D eigenvalue weighted by molar-refractivity contribution is 0.0465. The number of aromatic nitrogens is 1. The summed E-state index contributed by atoms with van der Waals surface area (Å²) in [6, 6.07) is 11.6. The monoisotopic (exact) mass is 463 g/mol. The number of H-pyrrole nitrogens is 1. The maximum atomic E-state index is 13.1. The van der Waals surface area contributed by atoms with E-state index < -0.39 is 5.97 Å². The molecule has 34 heavy (non-hydrogen) atoms. The van der Waals surface area contributed by atoms with Crippen molar-refractivity contribution in [2.75, 3.05) is 21.3 Å². The molecule has 1 aliphatic carbocycles. The summed E-state index contributed by atoms with van der Waals surface area (Å²) in [5.74, 6) is 1.02. The molecule has 0 radical (unpaired) electrons. The predicted octanol–water partition coefficient (Wildman–Crippen LogP) is 4.93. The molecular formula is C27H29NO6. The lowest BCUT2D eigenvalue weighted by atomic mass is 9.81. The van der Waals surface area contributed by atoms with E-state index in [9.17, 15) is 9.59 Å². The average molecular weight is 464 g/mol. The zero-order chi connectivity index (χ0) is 24.4. The van der Waals surface area contributed by atoms with Crippen molar-refractivity contribution in [1.82, 2.24) is 4.98 Å². The summed E-state index contributed by atoms with van der Waals surface area (Å²) in [6.45, 7) is 3.96. The SMILES string of the molecule is COc1cc([C@@H]2CC(=O)c3c([nH]c(C(=O)OCc4ccc(C)cc4)c3C)C2)cc(OC)c1OC. The molecule has 0 saturated carbocycles. The van der Waals surface area contributed by atoms with E-state index in [2.05, 4.69) is 4.98 Å². The number of esters is 1. The van der Waals surface area contributed by atoms with Crippen molar-refractivity contribution in [3.8, 4) is 17.2 Å². The third-order valence-electron chi connectivity index (χ3n) is 6.34. The van der Waals surface area contributed by atoms with Crippen molar-refractivity contribution in [2.45, 2.75) is 39.2 Å². The van der Waals surface area contributed by atoms with Gasteiger partial charge in [0.15, 0.2) is 17.3 Å². The molecule has 1 aliphatic rings. The van der Waals surface area contributed by atoms with Crippen molar-refractivity contribution < 1.29 is 28.5 Å². The molecular weight excluding hydrogens is 434 g/mol. The number of nitrogens with one attached hydrogen (secondary N) is 1. The Morgan fingerprint density at radius 3 is 2.21 bits per heavy atom. The Balaban J connectivity index is 1.58. The van der Waals surface area contributed by atoms with Gasteiger partial charge in [-0.3, -0.25) is 4.79 Å². The third kappa shape index (κ3) is 4.38. The molecule has 2 aromatic carbocycles. The number of benzene rings is 2. The molecule has 4 rings (SSSR count). The highest BCUT2D eigenvalue weighted by Gasteiger charge is 2.33. The number of aromatic amines is 1. The first kappa shape index (κ1) is 23.4. The van der Waals surface area contributed by atoms with E-state index in [0.717, 1.165) is 22.4 Å². The zero-order valence-electron chi connectivity index (χ0n) is 20.1. The fourth-order valence-electron chi connectivity index (χ4n) is 4.52. The lowest BCUT2D eigenvalue weighted by Gasteiger charge is -2.24. The molecule has 7 heteroatoms. The van der Waals surface area contributed by atoms with Gasteiger partial charge >= 0.3 is 5.97 Å². The van der Waals surface area contributed by atoms with Crippen LogP contribution in [0.5, 0.6) is 17.2 Å². The molecule has 0 bridgehead atoms. The number of fused-ring (bicyclic) bond motifs is 1. The van der Waals surface area contributed by atoms with Crippen molar-refractivity contribution in [3.05, 3.63) is 75.6 Å². The van der Waals surface area contributed by atoms with Crippen molar-refractivity contribution in [2.24, 2.45) is 0 Å². The van der Waals surface area contributed by atoms with Gasteiger partial charge in [0.2, 0.25) is 5.75 Å². The highest BCUT2D eigenvalue weighted by molar-refractivity contribution is 6.03. The maximum Gasteiger partial charge on any atom is 0.355 e. The maximum absolute atomic E-state index is 13.1. The zero-order valence-corrected chi connectivity index (χ0v) is 20.1. The van der Waals surface area contributed by atoms with Gasteiger partial charge in [-0.05, 0) is 55.0 Å². The Morgan fingerprint density at radius 1 is 0.971 bits per heavy atom. The van der Waals surface area contributed by atoms with Gasteiger partial charge in [0, 0.05) is 17.7 Å². The predicted molar refractivity (Wildman–Crippen MR) is 127 cm³/mol. The molecule has 178 valence electrons. The Morgan fingerprint density at radius 2 is 1.62 bits per heavy atom. The number of rotatable bonds is 7. The summed E-state index contributed by atoms with van der Waals surface area (Å²) in [5, 5.41) is 0. The first-order chi connectivity index (χ1) is 16.4. The van der Waals surface area contributed by atoms with E-state index in [1.165, 1.54) is 0 Å². The number of carbonyl (C=O) groups excluding carboxylic acids is 2. The van der Waals surface area contributed by atoms with Crippen molar-refractivity contribution in [1.29, 1.82) is 0 Å². The Bertz CT molecular complexity index is 1200. The summed E-state index contributed by atoms with van der Waals surface area (Å²) in [6.07, 6.45) is 0.897. The van der Waals surface area contributed by atoms with Crippen molar-refractivity contribution >= 4 is 11.8 Å². The summed E-state index contributed by atoms with van der Waals surface area (Å²) >= 11 is 0. The molecule has 0 saturated heterocycles. The first-order valence-corrected chi connectivity index (χ1v) is 11.1. The van der Waals surface area contributed by atoms with Gasteiger partial charge in [-0.25, -0.2) is 4.79 Å². The van der Waals surface area contributed by atoms with Gasteiger partial charge in [-0.2, -0.15) is 0 Å². The van der Waals surface area contributed by atoms with Crippen LogP contribution in [0, 0.1) is 13.8 Å². The van der Waals surface area contributed by atoms with Crippen LogP contribution < -0.4 is 14.2 Å². The minimum atomic E-state index is -0.468. The van der Waals surface area contributed by atoms with Crippen LogP contribution in [0.25, 0.3) is 0 Å². The van der Waals surface area contributed by atoms with Crippen LogP contribution in [-0.4, -0.2) is 38.1 Å². The summed E-state index contributed by atoms with van der Waals surface area (Å²) in [4.78, 5) is 29.1. The molecule has 1 aromatic heterocycles. The van der Waals surface area contributed by atoms with Gasteiger partial charge in [-0.15, -0.1) is 0 Å². The molecule has 3 aromatic rings. The van der Waals surface area contributed by atoms with Gasteiger partial charge in [-0.1, -0.05) is 29.8 Å². The summed E-state index contributed by atoms with van der Waals surface area (Å²) in [5.41, 5.74) is 5.26. The van der Waals surface area contributed by atoms with E-state index >= 15 is 0 Å². The number of ketones is 1. The van der Waals surface area contributed by atoms with Crippen molar-refractivity contribution in [3.63, 3.8) is 0 Å². The Kier molecular flexibility index (Phi) is 6.63. The molecule has 1 heterocycles. The van der Waals surface area contributed by atoms with Crippen LogP contribution >= 0.6 is 0 Å². The number of ether oxygens (including phenoxy) is 4. The average Bonchev–Trinajstić information content (AvgIpc) is 3.19. The Hall–Kier alpha value is -3.74. The number of carbonyl (C=O) groups is 2. The molecule has 0 spiro atoms. The van der Waals surface area contributed by atoms with Gasteiger partial charge in [0.05, 0.1) is 21.3 Å². The van der Waals surface area contributed by atoms with Crippen LogP contribution in [0.15, 0.2) is 36.4 Å². The first-order valence-electron chi connectivity index (χ1n) is 11.1. The van der Waals surface area contributed by atoms with Crippen LogP contribution in [0.3, 0.4) is 0 Å². The van der Waals surface area contributed by atoms with Crippen LogP contribution in [0.2, 0.25) is 0 Å². The standard InChI is InChI=1S/C27H29NO6/c1-15-6-8-17(9-7-15)14-34-27(30)25-16(2)24-20(28-25)10-18(11-21(24)29)19-12-22(31-3)26(33-5)23(13-19)32-4/h6-9,12-13,18,28H,10-11,14H2,1-5H3/t18-/m0/s1. The molecule has 0 unspecified atom stereocenters. The summed E-state index contributed by atoms with van der Waals surface area (Å²) in [7, 11) is 4.68. The number of hydrogen-bond acceptors (Lipinski definition) is 6. The van der Waals surface area contributed by atoms with E-state index in [4.69, 9.17) is 18.9 Å². The van der Waals surface area contributed by atoms with Gasteiger partial charge in [0.25, 0.3) is 0 Å². The number of hydrogen-bond donors (Lipinski definition) is 1. The lowest BCUT2D eigenvalue weighted by Crippen LogP contribution is -2.19. The molecule has 1 atom stereocenters. The normalized spacial score (nSPS) is 15.0. The fraction of sp³-hybridized carbons (Fsp3) is 0.333. The van der Waals surface area contributed by atoms with Gasteiger partial charge in [0.1, 0.15) is 12.3 Å². The highest BCUT2D eigenvalue weighted by atomic mass is 16.5. The molecule has 1 N–H and O–H groups in total. The van der Waals surface area contributed by atoms with Crippen LogP contribution in [-0.2, 0) is 17.8 Å². The third-order valence-corrected chi connectivity index (χ3v) is 6.34. The van der Waals surface area contributed by atoms with E-state index in [1.807, 2.05) is 43.3 Å². The fourth-order valence-corrected chi connectivity index (χ4v) is 4.52. The minimum absolute atomic E-state index is 0.00802. The second-order valence-electron chi connectivity index (χ2n) is 8.53. The van der Waals surface area contributed by atoms with Gasteiger partial charge < -0.3 is 23.9 Å². The van der Waals surface area contributed by atoms with E-state index in [0.29, 0.717) is 46.9 Å². The second-order valence-corrected chi connectivity index (χ2v) is 8.53. The molecule has 0 aliphatic heterocycles. The number of Topliss-reactive ketones (excluding diaryl/α,β-unsaturated/α-hetero) is 1. The van der Waals surface area contributed by atoms with Crippen LogP contribution in [0.4, 0.5) is 0 Å². The van der Waals surface area contributed by atoms with E-state index in [1.54, 1.807) is 28.3 Å². The Labute approximate surface area is 199 Å². The topological polar surface area (TPSA) is 86.9 Å². The molecule has 0 amide bonds. The van der Waals surface area contributed by atoms with Crippen LogP contribution in [0.1, 0.15) is 61.1 Å². The number of aryl methyl sites for hydroxylation is 1. The quantitative estimate of drug-likeness (QED) is 0.500. The highest BCUT2D eigenvalue weighted by Crippen LogP contribution is 2.43. The summed E-state index contributed by atoms with van der Waals surface area (Å²) < 4.78 is 21.9. The smallest absolute Gasteiger partial charge is 0.355 e. The molecule has 7 nitrogen and oxygen atoms in total. The molecule has 0 fully saturated rings. The number of methoxy groups -OCH3 is 3.